The SMILES string of the molecule is C[C@H](O)C1[C@@H](C)Oc2c(Cl)c(-c3ccc(F)c4sc(N)c(C#N)c34)c(F)c3nc(OC[C@@]45CCCN4C[C@H](F)C5)nc(c23)N1CC(F)F. The molecule has 2 aromatic carbocycles. The molecule has 3 aliphatic heterocycles. The number of benzene rings is 2. The van der Waals surface area contributed by atoms with E-state index in [-0.39, 0.29) is 79.3 Å². The Hall–Kier alpha value is -3.71. The van der Waals surface area contributed by atoms with Crippen LogP contribution in [0.3, 0.4) is 0 Å². The highest BCUT2D eigenvalue weighted by Gasteiger charge is 2.49. The van der Waals surface area contributed by atoms with Gasteiger partial charge in [0.15, 0.2) is 11.6 Å². The third-order valence-corrected chi connectivity index (χ3v) is 11.0. The number of rotatable bonds is 7. The molecule has 0 amide bonds. The largest absolute Gasteiger partial charge is 0.486 e. The lowest BCUT2D eigenvalue weighted by atomic mass is 9.95. The van der Waals surface area contributed by atoms with E-state index in [2.05, 4.69) is 9.97 Å². The molecule has 0 bridgehead atoms. The van der Waals surface area contributed by atoms with E-state index in [0.717, 1.165) is 28.7 Å². The maximum atomic E-state index is 17.1. The van der Waals surface area contributed by atoms with Crippen LogP contribution in [-0.2, 0) is 0 Å². The number of aliphatic hydroxyl groups is 1. The Bertz CT molecular complexity index is 1990. The Labute approximate surface area is 280 Å². The molecule has 1 unspecified atom stereocenters. The number of aromatic nitrogens is 2. The van der Waals surface area contributed by atoms with Crippen molar-refractivity contribution in [1.82, 2.24) is 14.9 Å². The molecule has 0 aliphatic carbocycles. The fourth-order valence-corrected chi connectivity index (χ4v) is 8.94. The van der Waals surface area contributed by atoms with Gasteiger partial charge in [0.2, 0.25) is 0 Å². The first-order valence-corrected chi connectivity index (χ1v) is 16.6. The topological polar surface area (TPSA) is 121 Å². The predicted molar refractivity (Wildman–Crippen MR) is 172 cm³/mol. The minimum atomic E-state index is -2.90. The third-order valence-electron chi connectivity index (χ3n) is 9.62. The number of nitriles is 1. The van der Waals surface area contributed by atoms with Gasteiger partial charge in [0.05, 0.1) is 44.9 Å². The fraction of sp³-hybridized carbons (Fsp3) is 0.469. The first-order chi connectivity index (χ1) is 22.8. The van der Waals surface area contributed by atoms with Crippen molar-refractivity contribution < 1.29 is 36.5 Å². The van der Waals surface area contributed by atoms with E-state index in [0.29, 0.717) is 13.0 Å². The lowest BCUT2D eigenvalue weighted by Gasteiger charge is -2.36. The Morgan fingerprint density at radius 1 is 1.29 bits per heavy atom. The minimum Gasteiger partial charge on any atom is -0.486 e. The number of thiophene rings is 1. The number of anilines is 2. The van der Waals surface area contributed by atoms with Gasteiger partial charge in [0, 0.05) is 23.9 Å². The molecule has 0 spiro atoms. The number of hydrogen-bond donors (Lipinski definition) is 2. The Morgan fingerprint density at radius 3 is 2.77 bits per heavy atom. The number of halogens is 6. The van der Waals surface area contributed by atoms with Crippen LogP contribution in [0.2, 0.25) is 5.02 Å². The summed E-state index contributed by atoms with van der Waals surface area (Å²) in [6.07, 6.45) is -4.47. The zero-order valence-corrected chi connectivity index (χ0v) is 27.3. The molecule has 3 N–H and O–H groups in total. The van der Waals surface area contributed by atoms with Gasteiger partial charge in [-0.15, -0.1) is 11.3 Å². The van der Waals surface area contributed by atoms with Crippen LogP contribution in [0.15, 0.2) is 12.1 Å². The summed E-state index contributed by atoms with van der Waals surface area (Å²) in [5.74, 6) is -2.08. The molecule has 9 nitrogen and oxygen atoms in total. The molecular weight excluding hydrogens is 679 g/mol. The van der Waals surface area contributed by atoms with E-state index in [9.17, 15) is 27.9 Å². The van der Waals surface area contributed by atoms with Crippen LogP contribution >= 0.6 is 22.9 Å². The second-order valence-corrected chi connectivity index (χ2v) is 14.0. The van der Waals surface area contributed by atoms with E-state index in [1.54, 1.807) is 6.92 Å². The Morgan fingerprint density at radius 2 is 2.06 bits per heavy atom. The molecule has 2 aromatic heterocycles. The van der Waals surface area contributed by atoms with E-state index in [4.69, 9.17) is 26.8 Å². The second kappa shape index (κ2) is 12.0. The summed E-state index contributed by atoms with van der Waals surface area (Å²) in [4.78, 5) is 12.0. The van der Waals surface area contributed by atoms with Gasteiger partial charge < -0.3 is 25.2 Å². The summed E-state index contributed by atoms with van der Waals surface area (Å²) in [6.45, 7) is 2.95. The van der Waals surface area contributed by atoms with Crippen molar-refractivity contribution in [3.05, 3.63) is 34.4 Å². The van der Waals surface area contributed by atoms with Crippen LogP contribution < -0.4 is 20.1 Å². The highest BCUT2D eigenvalue weighted by molar-refractivity contribution is 7.23. The van der Waals surface area contributed by atoms with Crippen LogP contribution in [0, 0.1) is 23.0 Å². The number of fused-ring (bicyclic) bond motifs is 2. The molecule has 0 radical (unpaired) electrons. The molecule has 16 heteroatoms. The van der Waals surface area contributed by atoms with Gasteiger partial charge in [-0.25, -0.2) is 22.0 Å². The van der Waals surface area contributed by atoms with Gasteiger partial charge >= 0.3 is 6.01 Å². The second-order valence-electron chi connectivity index (χ2n) is 12.6. The predicted octanol–water partition coefficient (Wildman–Crippen LogP) is 6.45. The van der Waals surface area contributed by atoms with Gasteiger partial charge in [-0.3, -0.25) is 4.90 Å². The van der Waals surface area contributed by atoms with Crippen LogP contribution in [-0.4, -0.2) is 82.6 Å². The smallest absolute Gasteiger partial charge is 0.319 e. The highest BCUT2D eigenvalue weighted by Crippen LogP contribution is 2.52. The van der Waals surface area contributed by atoms with Gasteiger partial charge in [0.25, 0.3) is 6.43 Å². The van der Waals surface area contributed by atoms with Crippen molar-refractivity contribution in [2.45, 2.75) is 69.5 Å². The van der Waals surface area contributed by atoms with Crippen LogP contribution in [0.4, 0.5) is 32.8 Å². The van der Waals surface area contributed by atoms with Gasteiger partial charge in [0.1, 0.15) is 47.1 Å². The van der Waals surface area contributed by atoms with Gasteiger partial charge in [-0.1, -0.05) is 17.7 Å². The molecule has 3 aliphatic rings. The van der Waals surface area contributed by atoms with Crippen LogP contribution in [0.1, 0.15) is 38.7 Å². The Balaban J connectivity index is 1.50. The highest BCUT2D eigenvalue weighted by atomic mass is 35.5. The van der Waals surface area contributed by atoms with Crippen molar-refractivity contribution in [2.24, 2.45) is 0 Å². The van der Waals surface area contributed by atoms with E-state index in [1.807, 2.05) is 11.0 Å². The zero-order valence-electron chi connectivity index (χ0n) is 25.7. The first-order valence-electron chi connectivity index (χ1n) is 15.4. The van der Waals surface area contributed by atoms with Crippen molar-refractivity contribution >= 4 is 54.7 Å². The molecule has 5 heterocycles. The summed E-state index contributed by atoms with van der Waals surface area (Å²) in [7, 11) is 0. The summed E-state index contributed by atoms with van der Waals surface area (Å²) in [6, 6.07) is 2.84. The molecule has 5 atom stereocenters. The van der Waals surface area contributed by atoms with Crippen molar-refractivity contribution in [3.8, 4) is 29.0 Å². The summed E-state index contributed by atoms with van der Waals surface area (Å²) >= 11 is 7.75. The fourth-order valence-electron chi connectivity index (χ4n) is 7.67. The summed E-state index contributed by atoms with van der Waals surface area (Å²) in [5, 5.41) is 20.3. The first kappa shape index (κ1) is 32.8. The summed E-state index contributed by atoms with van der Waals surface area (Å²) in [5.41, 5.74) is 4.66. The Kier molecular flexibility index (Phi) is 8.21. The molecule has 48 heavy (non-hydrogen) atoms. The normalized spacial score (nSPS) is 24.6. The minimum absolute atomic E-state index is 0.00467. The van der Waals surface area contributed by atoms with Gasteiger partial charge in [-0.2, -0.15) is 15.2 Å². The number of hydrogen-bond acceptors (Lipinski definition) is 10. The van der Waals surface area contributed by atoms with E-state index < -0.39 is 60.1 Å². The molecule has 2 saturated heterocycles. The number of ether oxygens (including phenoxy) is 2. The number of nitrogens with two attached hydrogens (primary N) is 1. The van der Waals surface area contributed by atoms with Gasteiger partial charge in [-0.05, 0) is 44.9 Å². The lowest BCUT2D eigenvalue weighted by Crippen LogP contribution is -2.52. The third kappa shape index (κ3) is 5.07. The standard InChI is InChI=1S/C32H30ClF5N6O3S/c1-13(45)26-14(2)47-27-22-25(24(38)21(23(27)33)16-4-5-18(35)28-20(16)17(9-39)29(40)48-28)41-31(42-30(22)44(26)11-19(36)37)46-12-32-6-3-7-43(32)10-15(34)8-32/h4-5,13-15,19,26,45H,3,6-8,10-12,40H2,1-2H3/t13-,14+,15+,26?,32-/m0/s1. The quantitative estimate of drug-likeness (QED) is 0.209. The molecular formula is C32H30ClF5N6O3S. The van der Waals surface area contributed by atoms with Crippen molar-refractivity contribution in [1.29, 1.82) is 5.26 Å². The zero-order chi connectivity index (χ0) is 34.2. The van der Waals surface area contributed by atoms with Crippen molar-refractivity contribution in [2.75, 3.05) is 36.9 Å². The average Bonchev–Trinajstić information content (AvgIpc) is 3.64. The average molecular weight is 709 g/mol. The number of nitrogen functional groups attached to an aromatic ring is 1. The van der Waals surface area contributed by atoms with Crippen molar-refractivity contribution in [3.63, 3.8) is 0 Å². The number of alkyl halides is 3. The number of aliphatic hydroxyl groups excluding tert-OH is 1. The molecule has 254 valence electrons. The lowest BCUT2D eigenvalue weighted by molar-refractivity contribution is 0.0757. The maximum Gasteiger partial charge on any atom is 0.319 e. The molecule has 2 fully saturated rings. The molecule has 4 aromatic rings. The van der Waals surface area contributed by atoms with Crippen LogP contribution in [0.25, 0.3) is 32.1 Å². The van der Waals surface area contributed by atoms with E-state index >= 15 is 4.39 Å². The van der Waals surface area contributed by atoms with Crippen LogP contribution in [0.5, 0.6) is 11.8 Å². The molecule has 7 rings (SSSR count). The number of nitrogens with zero attached hydrogens (tertiary/aromatic N) is 5. The van der Waals surface area contributed by atoms with E-state index in [1.165, 1.54) is 13.0 Å². The molecule has 0 saturated carbocycles. The monoisotopic (exact) mass is 708 g/mol. The maximum absolute atomic E-state index is 17.1. The summed E-state index contributed by atoms with van der Waals surface area (Å²) < 4.78 is 87.2.